The Labute approximate surface area is 173 Å². The SMILES string of the molecule is COc1ccc(/C=C2/SC(=S)N(CC(=O)N(C)C3CCS(=O)(=O)C3)C2=O)cc1. The average Bonchev–Trinajstić information content (AvgIpc) is 3.15. The molecule has 2 heterocycles. The first-order chi connectivity index (χ1) is 13.2. The van der Waals surface area contributed by atoms with Crippen LogP contribution in [0.1, 0.15) is 12.0 Å². The van der Waals surface area contributed by atoms with Crippen molar-refractivity contribution in [3.63, 3.8) is 0 Å². The minimum atomic E-state index is -3.09. The van der Waals surface area contributed by atoms with E-state index in [1.54, 1.807) is 32.4 Å². The molecule has 28 heavy (non-hydrogen) atoms. The number of carbonyl (C=O) groups is 2. The molecular formula is C18H20N2O5S3. The standard InChI is InChI=1S/C18H20N2O5S3/c1-19(13-7-8-28(23,24)11-13)16(21)10-20-17(22)15(27-18(20)26)9-12-3-5-14(25-2)6-4-12/h3-6,9,13H,7-8,10-11H2,1-2H3/b15-9+. The van der Waals surface area contributed by atoms with Gasteiger partial charge in [0.05, 0.1) is 23.5 Å². The van der Waals surface area contributed by atoms with E-state index in [2.05, 4.69) is 0 Å². The number of ether oxygens (including phenoxy) is 1. The molecule has 2 aliphatic rings. The van der Waals surface area contributed by atoms with Gasteiger partial charge in [0, 0.05) is 13.1 Å². The Morgan fingerprint density at radius 3 is 2.64 bits per heavy atom. The van der Waals surface area contributed by atoms with E-state index in [9.17, 15) is 18.0 Å². The molecule has 2 amide bonds. The highest BCUT2D eigenvalue weighted by Crippen LogP contribution is 2.33. The van der Waals surface area contributed by atoms with Gasteiger partial charge >= 0.3 is 0 Å². The Morgan fingerprint density at radius 1 is 1.39 bits per heavy atom. The molecular weight excluding hydrogens is 420 g/mol. The number of sulfone groups is 1. The van der Waals surface area contributed by atoms with E-state index < -0.39 is 9.84 Å². The van der Waals surface area contributed by atoms with Gasteiger partial charge in [0.1, 0.15) is 16.6 Å². The second-order valence-corrected chi connectivity index (χ2v) is 10.5. The molecule has 0 aromatic heterocycles. The number of hydrogen-bond acceptors (Lipinski definition) is 7. The zero-order chi connectivity index (χ0) is 20.5. The highest BCUT2D eigenvalue weighted by molar-refractivity contribution is 8.26. The van der Waals surface area contributed by atoms with Crippen molar-refractivity contribution in [2.75, 3.05) is 32.2 Å². The lowest BCUT2D eigenvalue weighted by Crippen LogP contribution is -2.45. The second kappa shape index (κ2) is 8.22. The molecule has 1 atom stereocenters. The van der Waals surface area contributed by atoms with Crippen LogP contribution in [-0.2, 0) is 19.4 Å². The zero-order valence-electron chi connectivity index (χ0n) is 15.5. The van der Waals surface area contributed by atoms with Crippen LogP contribution in [0, 0.1) is 0 Å². The molecule has 1 aromatic carbocycles. The number of hydrogen-bond donors (Lipinski definition) is 0. The van der Waals surface area contributed by atoms with E-state index in [1.165, 1.54) is 9.80 Å². The number of nitrogens with zero attached hydrogens (tertiary/aromatic N) is 2. The molecule has 0 saturated carbocycles. The lowest BCUT2D eigenvalue weighted by atomic mass is 10.2. The summed E-state index contributed by atoms with van der Waals surface area (Å²) in [6.07, 6.45) is 2.14. The lowest BCUT2D eigenvalue weighted by Gasteiger charge is -2.25. The van der Waals surface area contributed by atoms with Gasteiger partial charge in [-0.05, 0) is 30.2 Å². The Kier molecular flexibility index (Phi) is 6.11. The van der Waals surface area contributed by atoms with Gasteiger partial charge in [0.25, 0.3) is 5.91 Å². The highest BCUT2D eigenvalue weighted by Gasteiger charge is 2.37. The van der Waals surface area contributed by atoms with E-state index >= 15 is 0 Å². The number of methoxy groups -OCH3 is 1. The quantitative estimate of drug-likeness (QED) is 0.507. The van der Waals surface area contributed by atoms with Crippen LogP contribution in [0.3, 0.4) is 0 Å². The summed E-state index contributed by atoms with van der Waals surface area (Å²) in [7, 11) is 0.0530. The van der Waals surface area contributed by atoms with Gasteiger partial charge < -0.3 is 9.64 Å². The number of benzene rings is 1. The molecule has 150 valence electrons. The van der Waals surface area contributed by atoms with Crippen molar-refractivity contribution in [1.29, 1.82) is 0 Å². The van der Waals surface area contributed by atoms with E-state index in [4.69, 9.17) is 17.0 Å². The number of thiocarbonyl (C=S) groups is 1. The van der Waals surface area contributed by atoms with Crippen molar-refractivity contribution in [3.05, 3.63) is 34.7 Å². The van der Waals surface area contributed by atoms with Crippen molar-refractivity contribution in [1.82, 2.24) is 9.80 Å². The number of likely N-dealkylation sites (N-methyl/N-ethyl adjacent to an activating group) is 1. The predicted octanol–water partition coefficient (Wildman–Crippen LogP) is 1.54. The normalized spacial score (nSPS) is 22.7. The molecule has 2 fully saturated rings. The molecule has 1 aromatic rings. The lowest BCUT2D eigenvalue weighted by molar-refractivity contribution is -0.135. The van der Waals surface area contributed by atoms with Crippen LogP contribution in [0.4, 0.5) is 0 Å². The predicted molar refractivity (Wildman–Crippen MR) is 113 cm³/mol. The minimum Gasteiger partial charge on any atom is -0.497 e. The van der Waals surface area contributed by atoms with E-state index in [-0.39, 0.29) is 35.9 Å². The van der Waals surface area contributed by atoms with Gasteiger partial charge in [0.2, 0.25) is 5.91 Å². The Bertz CT molecular complexity index is 940. The Morgan fingerprint density at radius 2 is 2.07 bits per heavy atom. The smallest absolute Gasteiger partial charge is 0.266 e. The Balaban J connectivity index is 1.67. The zero-order valence-corrected chi connectivity index (χ0v) is 17.9. The number of carbonyl (C=O) groups excluding carboxylic acids is 2. The molecule has 2 aliphatic heterocycles. The summed E-state index contributed by atoms with van der Waals surface area (Å²) in [4.78, 5) is 28.4. The summed E-state index contributed by atoms with van der Waals surface area (Å²) < 4.78 is 28.7. The first-order valence-electron chi connectivity index (χ1n) is 8.55. The van der Waals surface area contributed by atoms with Crippen molar-refractivity contribution >= 4 is 56.0 Å². The monoisotopic (exact) mass is 440 g/mol. The van der Waals surface area contributed by atoms with E-state index in [0.29, 0.717) is 21.4 Å². The molecule has 10 heteroatoms. The largest absolute Gasteiger partial charge is 0.497 e. The topological polar surface area (TPSA) is 84.0 Å². The first kappa shape index (κ1) is 20.8. The maximum atomic E-state index is 12.7. The van der Waals surface area contributed by atoms with Crippen LogP contribution in [0.15, 0.2) is 29.2 Å². The minimum absolute atomic E-state index is 0.0367. The second-order valence-electron chi connectivity index (χ2n) is 6.60. The van der Waals surface area contributed by atoms with Gasteiger partial charge in [-0.1, -0.05) is 36.1 Å². The fraction of sp³-hybridized carbons (Fsp3) is 0.389. The summed E-state index contributed by atoms with van der Waals surface area (Å²) in [6, 6.07) is 6.88. The first-order valence-corrected chi connectivity index (χ1v) is 11.6. The fourth-order valence-electron chi connectivity index (χ4n) is 3.02. The maximum absolute atomic E-state index is 12.7. The number of amides is 2. The van der Waals surface area contributed by atoms with Crippen LogP contribution in [0.5, 0.6) is 5.75 Å². The molecule has 7 nitrogen and oxygen atoms in total. The Hall–Kier alpha value is -1.91. The third kappa shape index (κ3) is 4.56. The average molecular weight is 441 g/mol. The van der Waals surface area contributed by atoms with Crippen molar-refractivity contribution in [3.8, 4) is 5.75 Å². The summed E-state index contributed by atoms with van der Waals surface area (Å²) in [5, 5.41) is 0. The van der Waals surface area contributed by atoms with Gasteiger partial charge in [0.15, 0.2) is 9.84 Å². The van der Waals surface area contributed by atoms with E-state index in [0.717, 1.165) is 17.3 Å². The maximum Gasteiger partial charge on any atom is 0.266 e. The van der Waals surface area contributed by atoms with Crippen LogP contribution in [0.2, 0.25) is 0 Å². The molecule has 0 bridgehead atoms. The number of rotatable bonds is 5. The molecule has 3 rings (SSSR count). The van der Waals surface area contributed by atoms with Crippen LogP contribution in [-0.4, -0.2) is 72.6 Å². The number of thioether (sulfide) groups is 1. The summed E-state index contributed by atoms with van der Waals surface area (Å²) >= 11 is 6.41. The van der Waals surface area contributed by atoms with Crippen molar-refractivity contribution in [2.24, 2.45) is 0 Å². The summed E-state index contributed by atoms with van der Waals surface area (Å²) in [5.41, 5.74) is 0.820. The molecule has 2 saturated heterocycles. The van der Waals surface area contributed by atoms with Crippen LogP contribution >= 0.6 is 24.0 Å². The van der Waals surface area contributed by atoms with Crippen molar-refractivity contribution in [2.45, 2.75) is 12.5 Å². The van der Waals surface area contributed by atoms with Gasteiger partial charge in [-0.25, -0.2) is 8.42 Å². The molecule has 1 unspecified atom stereocenters. The van der Waals surface area contributed by atoms with Gasteiger partial charge in [-0.2, -0.15) is 0 Å². The van der Waals surface area contributed by atoms with E-state index in [1.807, 2.05) is 12.1 Å². The molecule has 0 N–H and O–H groups in total. The summed E-state index contributed by atoms with van der Waals surface area (Å²) in [6.45, 7) is -0.197. The third-order valence-corrected chi connectivity index (χ3v) is 7.86. The molecule has 0 spiro atoms. The molecule has 0 radical (unpaired) electrons. The molecule has 0 aliphatic carbocycles. The summed E-state index contributed by atoms with van der Waals surface area (Å²) in [5.74, 6) is 0.106. The van der Waals surface area contributed by atoms with Gasteiger partial charge in [-0.3, -0.25) is 14.5 Å². The van der Waals surface area contributed by atoms with Crippen LogP contribution in [0.25, 0.3) is 6.08 Å². The van der Waals surface area contributed by atoms with Crippen LogP contribution < -0.4 is 4.74 Å². The van der Waals surface area contributed by atoms with Gasteiger partial charge in [-0.15, -0.1) is 0 Å². The fourth-order valence-corrected chi connectivity index (χ4v) is 6.05. The highest BCUT2D eigenvalue weighted by atomic mass is 32.2. The third-order valence-electron chi connectivity index (χ3n) is 4.73. The van der Waals surface area contributed by atoms with Crippen molar-refractivity contribution < 1.29 is 22.7 Å².